The molecular weight excluding hydrogens is 472 g/mol. The molecule has 2 atom stereocenters. The standard InChI is InChI=1S/C21H20F4N4O2S.C2H6/c1-28(9-12-4-3-5-13(16(12)22)17(23)24)18-14-8-15(21(25)6-7-32(31)10-21)20(30)29(2)19(14)27-11-26-18;1-2/h3-5,8,11,17H,6-7,9-10H2,1-2H3;1-2H3. The van der Waals surface area contributed by atoms with E-state index in [0.29, 0.717) is 5.39 Å². The minimum absolute atomic E-state index is 0.0369. The Bertz CT molecular complexity index is 1280. The van der Waals surface area contributed by atoms with Crippen molar-refractivity contribution in [2.45, 2.75) is 38.9 Å². The number of fused-ring (bicyclic) bond motifs is 1. The van der Waals surface area contributed by atoms with Gasteiger partial charge < -0.3 is 4.90 Å². The molecule has 1 aromatic carbocycles. The van der Waals surface area contributed by atoms with Crippen molar-refractivity contribution >= 4 is 27.7 Å². The van der Waals surface area contributed by atoms with E-state index in [2.05, 4.69) is 9.97 Å². The number of nitrogens with zero attached hydrogens (tertiary/aromatic N) is 4. The van der Waals surface area contributed by atoms with Gasteiger partial charge in [-0.1, -0.05) is 32.0 Å². The fourth-order valence-electron chi connectivity index (χ4n) is 3.99. The first kappa shape index (κ1) is 25.8. The molecule has 2 unspecified atom stereocenters. The summed E-state index contributed by atoms with van der Waals surface area (Å²) in [5.74, 6) is -0.832. The first-order valence-electron chi connectivity index (χ1n) is 10.8. The maximum atomic E-state index is 15.5. The van der Waals surface area contributed by atoms with Crippen molar-refractivity contribution in [3.63, 3.8) is 0 Å². The van der Waals surface area contributed by atoms with Gasteiger partial charge in [-0.05, 0) is 12.5 Å². The summed E-state index contributed by atoms with van der Waals surface area (Å²) < 4.78 is 69.2. The summed E-state index contributed by atoms with van der Waals surface area (Å²) >= 11 is 0. The van der Waals surface area contributed by atoms with Gasteiger partial charge in [-0.15, -0.1) is 0 Å². The molecule has 11 heteroatoms. The molecular formula is C23H26F4N4O2S. The number of pyridine rings is 1. The van der Waals surface area contributed by atoms with Gasteiger partial charge in [0, 0.05) is 42.8 Å². The Morgan fingerprint density at radius 2 is 1.97 bits per heavy atom. The zero-order valence-corrected chi connectivity index (χ0v) is 20.1. The van der Waals surface area contributed by atoms with Crippen molar-refractivity contribution in [1.82, 2.24) is 14.5 Å². The third-order valence-corrected chi connectivity index (χ3v) is 7.13. The summed E-state index contributed by atoms with van der Waals surface area (Å²) in [6.45, 7) is 3.90. The quantitative estimate of drug-likeness (QED) is 0.489. The van der Waals surface area contributed by atoms with Crippen LogP contribution in [0.4, 0.5) is 23.4 Å². The topological polar surface area (TPSA) is 68.1 Å². The van der Waals surface area contributed by atoms with Gasteiger partial charge in [-0.2, -0.15) is 0 Å². The first-order valence-corrected chi connectivity index (χ1v) is 12.3. The number of rotatable bonds is 5. The third-order valence-electron chi connectivity index (χ3n) is 5.69. The van der Waals surface area contributed by atoms with Gasteiger partial charge in [0.15, 0.2) is 5.67 Å². The molecule has 0 bridgehead atoms. The van der Waals surface area contributed by atoms with E-state index in [1.165, 1.54) is 41.0 Å². The van der Waals surface area contributed by atoms with Crippen LogP contribution in [0.2, 0.25) is 0 Å². The van der Waals surface area contributed by atoms with Gasteiger partial charge in [0.05, 0.1) is 22.3 Å². The molecule has 1 saturated heterocycles. The van der Waals surface area contributed by atoms with Gasteiger partial charge in [-0.3, -0.25) is 13.6 Å². The van der Waals surface area contributed by atoms with E-state index in [9.17, 15) is 22.2 Å². The van der Waals surface area contributed by atoms with E-state index in [1.54, 1.807) is 7.05 Å². The molecule has 1 aliphatic rings. The Labute approximate surface area is 197 Å². The maximum Gasteiger partial charge on any atom is 0.266 e. The van der Waals surface area contributed by atoms with Crippen LogP contribution in [0.5, 0.6) is 0 Å². The molecule has 3 aromatic rings. The number of hydrogen-bond donors (Lipinski definition) is 0. The molecule has 34 heavy (non-hydrogen) atoms. The fraction of sp³-hybridized carbons (Fsp3) is 0.435. The second-order valence-electron chi connectivity index (χ2n) is 7.84. The van der Waals surface area contributed by atoms with Crippen LogP contribution in [0, 0.1) is 5.82 Å². The number of benzene rings is 1. The zero-order chi connectivity index (χ0) is 25.2. The lowest BCUT2D eigenvalue weighted by Crippen LogP contribution is -2.33. The molecule has 0 spiro atoms. The molecule has 0 N–H and O–H groups in total. The Morgan fingerprint density at radius 1 is 1.26 bits per heavy atom. The maximum absolute atomic E-state index is 15.5. The second kappa shape index (κ2) is 10.2. The molecule has 1 fully saturated rings. The molecule has 1 aliphatic heterocycles. The highest BCUT2D eigenvalue weighted by Gasteiger charge is 2.42. The average molecular weight is 499 g/mol. The van der Waals surface area contributed by atoms with Gasteiger partial charge in [0.2, 0.25) is 0 Å². The van der Waals surface area contributed by atoms with Crippen LogP contribution in [0.15, 0.2) is 35.4 Å². The van der Waals surface area contributed by atoms with E-state index in [-0.39, 0.29) is 47.1 Å². The lowest BCUT2D eigenvalue weighted by atomic mass is 9.95. The Morgan fingerprint density at radius 3 is 2.59 bits per heavy atom. The van der Waals surface area contributed by atoms with Crippen LogP contribution in [0.25, 0.3) is 11.0 Å². The molecule has 184 valence electrons. The minimum Gasteiger partial charge on any atom is -0.355 e. The number of anilines is 1. The highest BCUT2D eigenvalue weighted by atomic mass is 32.2. The number of aryl methyl sites for hydroxylation is 1. The van der Waals surface area contributed by atoms with Crippen molar-refractivity contribution in [2.75, 3.05) is 23.5 Å². The largest absolute Gasteiger partial charge is 0.355 e. The molecule has 0 radical (unpaired) electrons. The van der Waals surface area contributed by atoms with Crippen LogP contribution in [0.1, 0.15) is 43.4 Å². The predicted molar refractivity (Wildman–Crippen MR) is 125 cm³/mol. The normalized spacial score (nSPS) is 19.9. The van der Waals surface area contributed by atoms with Crippen LogP contribution in [0.3, 0.4) is 0 Å². The van der Waals surface area contributed by atoms with Gasteiger partial charge in [0.25, 0.3) is 12.0 Å². The number of halogens is 4. The zero-order valence-electron chi connectivity index (χ0n) is 19.3. The van der Waals surface area contributed by atoms with E-state index in [1.807, 2.05) is 13.8 Å². The van der Waals surface area contributed by atoms with E-state index < -0.39 is 39.8 Å². The minimum atomic E-state index is -2.95. The van der Waals surface area contributed by atoms with E-state index >= 15 is 4.39 Å². The summed E-state index contributed by atoms with van der Waals surface area (Å²) in [7, 11) is 1.67. The smallest absolute Gasteiger partial charge is 0.266 e. The average Bonchev–Trinajstić information content (AvgIpc) is 3.17. The molecule has 4 rings (SSSR count). The summed E-state index contributed by atoms with van der Waals surface area (Å²) in [4.78, 5) is 22.7. The van der Waals surface area contributed by atoms with Crippen molar-refractivity contribution in [2.24, 2.45) is 7.05 Å². The van der Waals surface area contributed by atoms with Crippen LogP contribution < -0.4 is 10.5 Å². The molecule has 6 nitrogen and oxygen atoms in total. The SMILES string of the molecule is CC.CN(Cc1cccc(C(F)F)c1F)c1ncnc2c1cc(C1(F)CCS(=O)C1)c(=O)n2C. The Balaban J connectivity index is 0.00000158. The van der Waals surface area contributed by atoms with Crippen molar-refractivity contribution < 1.29 is 21.8 Å². The highest BCUT2D eigenvalue weighted by Crippen LogP contribution is 2.36. The van der Waals surface area contributed by atoms with Gasteiger partial charge in [0.1, 0.15) is 23.6 Å². The Kier molecular flexibility index (Phi) is 7.74. The summed E-state index contributed by atoms with van der Waals surface area (Å²) in [5, 5.41) is 0.340. The molecule has 3 heterocycles. The second-order valence-corrected chi connectivity index (χ2v) is 9.41. The van der Waals surface area contributed by atoms with Crippen LogP contribution in [-0.2, 0) is 30.1 Å². The number of alkyl halides is 3. The lowest BCUT2D eigenvalue weighted by molar-refractivity contribution is 0.146. The highest BCUT2D eigenvalue weighted by molar-refractivity contribution is 7.85. The predicted octanol–water partition coefficient (Wildman–Crippen LogP) is 4.39. The number of hydrogen-bond acceptors (Lipinski definition) is 5. The van der Waals surface area contributed by atoms with E-state index in [4.69, 9.17) is 0 Å². The lowest BCUT2D eigenvalue weighted by Gasteiger charge is -2.23. The van der Waals surface area contributed by atoms with E-state index in [0.717, 1.165) is 6.07 Å². The summed E-state index contributed by atoms with van der Waals surface area (Å²) in [6, 6.07) is 5.13. The van der Waals surface area contributed by atoms with Crippen molar-refractivity contribution in [3.8, 4) is 0 Å². The van der Waals surface area contributed by atoms with Crippen LogP contribution >= 0.6 is 0 Å². The molecule has 0 aliphatic carbocycles. The van der Waals surface area contributed by atoms with Crippen molar-refractivity contribution in [1.29, 1.82) is 0 Å². The third kappa shape index (κ3) is 4.70. The first-order chi connectivity index (χ1) is 16.1. The monoisotopic (exact) mass is 498 g/mol. The fourth-order valence-corrected chi connectivity index (χ4v) is 5.50. The molecule has 0 amide bonds. The van der Waals surface area contributed by atoms with Crippen molar-refractivity contribution in [3.05, 3.63) is 63.5 Å². The van der Waals surface area contributed by atoms with Gasteiger partial charge in [-0.25, -0.2) is 27.5 Å². The molecule has 0 saturated carbocycles. The van der Waals surface area contributed by atoms with Gasteiger partial charge >= 0.3 is 0 Å². The van der Waals surface area contributed by atoms with Crippen LogP contribution in [-0.4, -0.2) is 37.3 Å². The summed E-state index contributed by atoms with van der Waals surface area (Å²) in [6.07, 6.45) is -1.77. The molecule has 2 aromatic heterocycles. The summed E-state index contributed by atoms with van der Waals surface area (Å²) in [5.41, 5.74) is -3.16. The number of aromatic nitrogens is 3. The Hall–Kier alpha value is -2.82.